The molecule has 0 bridgehead atoms. The summed E-state index contributed by atoms with van der Waals surface area (Å²) in [6.07, 6.45) is 0. The number of carbonyl (C=O) groups excluding carboxylic acids is 1. The van der Waals surface area contributed by atoms with E-state index in [1.807, 2.05) is 31.2 Å². The second-order valence-corrected chi connectivity index (χ2v) is 7.51. The molecule has 0 radical (unpaired) electrons. The van der Waals surface area contributed by atoms with Gasteiger partial charge in [-0.3, -0.25) is 0 Å². The second-order valence-electron chi connectivity index (χ2n) is 7.51. The lowest BCUT2D eigenvalue weighted by Crippen LogP contribution is -2.52. The van der Waals surface area contributed by atoms with E-state index in [0.29, 0.717) is 50.1 Å². The van der Waals surface area contributed by atoms with Crippen LogP contribution in [0.2, 0.25) is 0 Å². The van der Waals surface area contributed by atoms with E-state index in [0.717, 1.165) is 11.4 Å². The Labute approximate surface area is 186 Å². The quantitative estimate of drug-likeness (QED) is 0.628. The minimum Gasteiger partial charge on any atom is -0.492 e. The molecule has 0 spiro atoms. The lowest BCUT2D eigenvalue weighted by atomic mass is 10.2. The monoisotopic (exact) mass is 439 g/mol. The molecule has 3 aromatic rings. The summed E-state index contributed by atoms with van der Waals surface area (Å²) in [6.45, 7) is 6.95. The number of ether oxygens (including phenoxy) is 1. The molecular formula is C23H26FN5O3. The maximum atomic E-state index is 13.1. The number of halogens is 1. The van der Waals surface area contributed by atoms with Crippen molar-refractivity contribution in [3.05, 3.63) is 60.2 Å². The van der Waals surface area contributed by atoms with Crippen LogP contribution in [0.1, 0.15) is 25.8 Å². The van der Waals surface area contributed by atoms with Crippen LogP contribution in [0.4, 0.5) is 14.9 Å². The molecule has 1 N–H and O–H groups in total. The molecular weight excluding hydrogens is 413 g/mol. The Morgan fingerprint density at radius 2 is 1.88 bits per heavy atom. The Kier molecular flexibility index (Phi) is 6.53. The van der Waals surface area contributed by atoms with Crippen LogP contribution in [0, 0.1) is 5.82 Å². The fourth-order valence-corrected chi connectivity index (χ4v) is 3.61. The fourth-order valence-electron chi connectivity index (χ4n) is 3.61. The first-order chi connectivity index (χ1) is 15.5. The first kappa shape index (κ1) is 21.6. The molecule has 32 heavy (non-hydrogen) atoms. The van der Waals surface area contributed by atoms with Crippen LogP contribution in [-0.2, 0) is 0 Å². The number of piperazine rings is 1. The standard InChI is InChI=1S/C23H26FN5O3/c1-3-31-20-7-5-4-6-19(20)28-12-14-29(15-13-28)23(30)25-16(2)22-26-21(27-32-22)17-8-10-18(24)11-9-17/h4-11,16H,3,12-15H2,1-2H3,(H,25,30). The fraction of sp³-hybridized carbons (Fsp3) is 0.348. The van der Waals surface area contributed by atoms with E-state index in [9.17, 15) is 9.18 Å². The van der Waals surface area contributed by atoms with Crippen molar-refractivity contribution in [3.8, 4) is 17.1 Å². The highest BCUT2D eigenvalue weighted by molar-refractivity contribution is 5.75. The Hall–Kier alpha value is -3.62. The molecule has 1 aliphatic rings. The van der Waals surface area contributed by atoms with Crippen molar-refractivity contribution in [3.63, 3.8) is 0 Å². The number of aromatic nitrogens is 2. The van der Waals surface area contributed by atoms with Crippen molar-refractivity contribution in [2.45, 2.75) is 19.9 Å². The molecule has 1 aromatic heterocycles. The predicted molar refractivity (Wildman–Crippen MR) is 118 cm³/mol. The molecule has 1 fully saturated rings. The Morgan fingerprint density at radius 1 is 1.16 bits per heavy atom. The average molecular weight is 439 g/mol. The van der Waals surface area contributed by atoms with Gasteiger partial charge in [-0.25, -0.2) is 9.18 Å². The van der Waals surface area contributed by atoms with E-state index >= 15 is 0 Å². The number of benzene rings is 2. The topological polar surface area (TPSA) is 83.7 Å². The number of carbonyl (C=O) groups is 1. The maximum absolute atomic E-state index is 13.1. The molecule has 1 unspecified atom stereocenters. The van der Waals surface area contributed by atoms with Crippen molar-refractivity contribution in [2.24, 2.45) is 0 Å². The van der Waals surface area contributed by atoms with Gasteiger partial charge >= 0.3 is 6.03 Å². The number of amides is 2. The van der Waals surface area contributed by atoms with Crippen LogP contribution in [0.3, 0.4) is 0 Å². The zero-order chi connectivity index (χ0) is 22.5. The van der Waals surface area contributed by atoms with Crippen molar-refractivity contribution in [2.75, 3.05) is 37.7 Å². The summed E-state index contributed by atoms with van der Waals surface area (Å²) in [5, 5.41) is 6.85. The van der Waals surface area contributed by atoms with E-state index in [-0.39, 0.29) is 11.8 Å². The molecule has 168 valence electrons. The highest BCUT2D eigenvalue weighted by Crippen LogP contribution is 2.29. The largest absolute Gasteiger partial charge is 0.492 e. The summed E-state index contributed by atoms with van der Waals surface area (Å²) in [4.78, 5) is 21.1. The summed E-state index contributed by atoms with van der Waals surface area (Å²) in [7, 11) is 0. The molecule has 1 saturated heterocycles. The molecule has 8 nitrogen and oxygen atoms in total. The van der Waals surface area contributed by atoms with Gasteiger partial charge in [-0.1, -0.05) is 17.3 Å². The number of hydrogen-bond acceptors (Lipinski definition) is 6. The minimum atomic E-state index is -0.457. The average Bonchev–Trinajstić information content (AvgIpc) is 3.31. The Morgan fingerprint density at radius 3 is 2.59 bits per heavy atom. The van der Waals surface area contributed by atoms with Crippen LogP contribution in [0.15, 0.2) is 53.1 Å². The zero-order valence-corrected chi connectivity index (χ0v) is 18.1. The Bertz CT molecular complexity index is 1050. The van der Waals surface area contributed by atoms with E-state index in [2.05, 4.69) is 20.4 Å². The van der Waals surface area contributed by atoms with Gasteiger partial charge in [0.2, 0.25) is 11.7 Å². The van der Waals surface area contributed by atoms with E-state index in [1.165, 1.54) is 12.1 Å². The first-order valence-electron chi connectivity index (χ1n) is 10.7. The molecule has 0 saturated carbocycles. The van der Waals surface area contributed by atoms with Crippen molar-refractivity contribution in [1.29, 1.82) is 0 Å². The molecule has 0 aliphatic carbocycles. The van der Waals surface area contributed by atoms with Crippen LogP contribution in [0.25, 0.3) is 11.4 Å². The molecule has 9 heteroatoms. The number of rotatable bonds is 6. The van der Waals surface area contributed by atoms with E-state index in [4.69, 9.17) is 9.26 Å². The first-order valence-corrected chi connectivity index (χ1v) is 10.7. The zero-order valence-electron chi connectivity index (χ0n) is 18.1. The third-order valence-corrected chi connectivity index (χ3v) is 5.33. The number of nitrogens with zero attached hydrogens (tertiary/aromatic N) is 4. The molecule has 4 rings (SSSR count). The summed E-state index contributed by atoms with van der Waals surface area (Å²) in [5.74, 6) is 1.17. The van der Waals surface area contributed by atoms with E-state index in [1.54, 1.807) is 24.0 Å². The lowest BCUT2D eigenvalue weighted by molar-refractivity contribution is 0.188. The second kappa shape index (κ2) is 9.67. The van der Waals surface area contributed by atoms with Crippen LogP contribution in [-0.4, -0.2) is 53.9 Å². The normalized spacial score (nSPS) is 14.8. The van der Waals surface area contributed by atoms with Crippen LogP contribution < -0.4 is 15.0 Å². The number of anilines is 1. The van der Waals surface area contributed by atoms with Crippen LogP contribution in [0.5, 0.6) is 5.75 Å². The summed E-state index contributed by atoms with van der Waals surface area (Å²) in [5.41, 5.74) is 1.69. The molecule has 2 aromatic carbocycles. The third kappa shape index (κ3) is 4.82. The van der Waals surface area contributed by atoms with E-state index < -0.39 is 6.04 Å². The molecule has 1 aliphatic heterocycles. The number of nitrogens with one attached hydrogen (secondary N) is 1. The van der Waals surface area contributed by atoms with Gasteiger partial charge in [0, 0.05) is 31.7 Å². The number of para-hydroxylation sites is 2. The Balaban J connectivity index is 1.33. The van der Waals surface area contributed by atoms with Gasteiger partial charge in [-0.15, -0.1) is 0 Å². The van der Waals surface area contributed by atoms with Gasteiger partial charge in [0.25, 0.3) is 0 Å². The summed E-state index contributed by atoms with van der Waals surface area (Å²) in [6, 6.07) is 13.1. The van der Waals surface area contributed by atoms with Gasteiger partial charge in [0.05, 0.1) is 12.3 Å². The smallest absolute Gasteiger partial charge is 0.318 e. The maximum Gasteiger partial charge on any atom is 0.318 e. The lowest BCUT2D eigenvalue weighted by Gasteiger charge is -2.36. The van der Waals surface area contributed by atoms with Crippen molar-refractivity contribution in [1.82, 2.24) is 20.4 Å². The minimum absolute atomic E-state index is 0.184. The third-order valence-electron chi connectivity index (χ3n) is 5.33. The molecule has 2 heterocycles. The molecule has 2 amide bonds. The predicted octanol–water partition coefficient (Wildman–Crippen LogP) is 3.87. The van der Waals surface area contributed by atoms with Gasteiger partial charge < -0.3 is 24.4 Å². The van der Waals surface area contributed by atoms with Crippen molar-refractivity contribution >= 4 is 11.7 Å². The van der Waals surface area contributed by atoms with Crippen LogP contribution >= 0.6 is 0 Å². The highest BCUT2D eigenvalue weighted by Gasteiger charge is 2.25. The highest BCUT2D eigenvalue weighted by atomic mass is 19.1. The summed E-state index contributed by atoms with van der Waals surface area (Å²) >= 11 is 0. The SMILES string of the molecule is CCOc1ccccc1N1CCN(C(=O)NC(C)c2nc(-c3ccc(F)cc3)no2)CC1. The number of urea groups is 1. The summed E-state index contributed by atoms with van der Waals surface area (Å²) < 4.78 is 24.1. The van der Waals surface area contributed by atoms with Gasteiger partial charge in [-0.2, -0.15) is 4.98 Å². The molecule has 1 atom stereocenters. The number of hydrogen-bond donors (Lipinski definition) is 1. The van der Waals surface area contributed by atoms with Gasteiger partial charge in [-0.05, 0) is 50.2 Å². The van der Waals surface area contributed by atoms with Gasteiger partial charge in [0.15, 0.2) is 0 Å². The van der Waals surface area contributed by atoms with Crippen molar-refractivity contribution < 1.29 is 18.4 Å². The van der Waals surface area contributed by atoms with Gasteiger partial charge in [0.1, 0.15) is 17.6 Å².